The fourth-order valence-electron chi connectivity index (χ4n) is 1.54. The highest BCUT2D eigenvalue weighted by Crippen LogP contribution is 2.22. The van der Waals surface area contributed by atoms with Crippen molar-refractivity contribution < 1.29 is 19.6 Å². The maximum atomic E-state index is 11.1. The first kappa shape index (κ1) is 15.4. The summed E-state index contributed by atoms with van der Waals surface area (Å²) < 4.78 is 4.81. The second-order valence-electron chi connectivity index (χ2n) is 3.92. The largest absolute Gasteiger partial charge is 0.480 e. The Morgan fingerprint density at radius 1 is 1.65 bits per heavy atom. The first-order valence-electron chi connectivity index (χ1n) is 5.66. The highest BCUT2D eigenvalue weighted by Gasteiger charge is 2.19. The van der Waals surface area contributed by atoms with Crippen molar-refractivity contribution in [3.63, 3.8) is 0 Å². The minimum atomic E-state index is -1.09. The Morgan fingerprint density at radius 3 is 2.85 bits per heavy atom. The van der Waals surface area contributed by atoms with Crippen molar-refractivity contribution in [3.05, 3.63) is 33.9 Å². The summed E-state index contributed by atoms with van der Waals surface area (Å²) >= 11 is 0. The molecule has 0 saturated heterocycles. The molecule has 0 fully saturated rings. The van der Waals surface area contributed by atoms with Gasteiger partial charge in [-0.1, -0.05) is 0 Å². The number of methoxy groups -OCH3 is 1. The van der Waals surface area contributed by atoms with Crippen molar-refractivity contribution in [1.82, 2.24) is 0 Å². The van der Waals surface area contributed by atoms with Crippen LogP contribution >= 0.6 is 0 Å². The van der Waals surface area contributed by atoms with Crippen LogP contribution in [-0.2, 0) is 9.53 Å². The molecule has 0 aliphatic heterocycles. The zero-order valence-electron chi connectivity index (χ0n) is 10.7. The molecule has 1 aromatic carbocycles. The Hall–Kier alpha value is -2.66. The molecule has 0 bridgehead atoms. The number of hydrogen-bond donors (Lipinski definition) is 2. The number of nitrogens with one attached hydrogen (secondary N) is 1. The SMILES string of the molecule is COCCC(Nc1ccc([N+](=O)[O-])cc1C#N)C(=O)O. The van der Waals surface area contributed by atoms with Gasteiger partial charge in [-0.3, -0.25) is 10.1 Å². The Morgan fingerprint density at radius 2 is 2.35 bits per heavy atom. The molecular formula is C12H13N3O5. The van der Waals surface area contributed by atoms with Crippen molar-refractivity contribution in [1.29, 1.82) is 5.26 Å². The van der Waals surface area contributed by atoms with Crippen molar-refractivity contribution in [2.45, 2.75) is 12.5 Å². The molecule has 1 aromatic rings. The molecule has 106 valence electrons. The lowest BCUT2D eigenvalue weighted by atomic mass is 10.1. The van der Waals surface area contributed by atoms with E-state index in [1.807, 2.05) is 0 Å². The number of benzene rings is 1. The quantitative estimate of drug-likeness (QED) is 0.570. The minimum Gasteiger partial charge on any atom is -0.480 e. The molecule has 1 unspecified atom stereocenters. The van der Waals surface area contributed by atoms with Gasteiger partial charge in [0.2, 0.25) is 0 Å². The normalized spacial score (nSPS) is 11.4. The highest BCUT2D eigenvalue weighted by atomic mass is 16.6. The van der Waals surface area contributed by atoms with Crippen LogP contribution in [0, 0.1) is 21.4 Å². The van der Waals surface area contributed by atoms with E-state index in [0.29, 0.717) is 0 Å². The van der Waals surface area contributed by atoms with Crippen LogP contribution in [0.4, 0.5) is 11.4 Å². The third-order valence-corrected chi connectivity index (χ3v) is 2.57. The Balaban J connectivity index is 2.98. The molecule has 0 amide bonds. The van der Waals surface area contributed by atoms with Crippen LogP contribution in [0.25, 0.3) is 0 Å². The molecule has 0 heterocycles. The Bertz CT molecular complexity index is 553. The van der Waals surface area contributed by atoms with Crippen LogP contribution in [-0.4, -0.2) is 35.8 Å². The number of ether oxygens (including phenoxy) is 1. The molecule has 0 spiro atoms. The van der Waals surface area contributed by atoms with Crippen LogP contribution in [0.2, 0.25) is 0 Å². The van der Waals surface area contributed by atoms with E-state index in [1.165, 1.54) is 19.2 Å². The maximum Gasteiger partial charge on any atom is 0.326 e. The van der Waals surface area contributed by atoms with Gasteiger partial charge in [0.25, 0.3) is 5.69 Å². The zero-order valence-corrected chi connectivity index (χ0v) is 10.7. The second-order valence-corrected chi connectivity index (χ2v) is 3.92. The van der Waals surface area contributed by atoms with Gasteiger partial charge in [-0.25, -0.2) is 4.79 Å². The molecule has 0 aliphatic carbocycles. The first-order chi connectivity index (χ1) is 9.49. The third-order valence-electron chi connectivity index (χ3n) is 2.57. The molecular weight excluding hydrogens is 266 g/mol. The number of nitrogens with zero attached hydrogens (tertiary/aromatic N) is 2. The van der Waals surface area contributed by atoms with Crippen LogP contribution in [0.5, 0.6) is 0 Å². The Labute approximate surface area is 114 Å². The number of nitriles is 1. The van der Waals surface area contributed by atoms with Gasteiger partial charge < -0.3 is 15.2 Å². The molecule has 0 radical (unpaired) electrons. The number of anilines is 1. The number of carbonyl (C=O) groups is 1. The summed E-state index contributed by atoms with van der Waals surface area (Å²) in [5.41, 5.74) is 0.0281. The molecule has 1 rings (SSSR count). The first-order valence-corrected chi connectivity index (χ1v) is 5.66. The van der Waals surface area contributed by atoms with Crippen LogP contribution in [0.15, 0.2) is 18.2 Å². The van der Waals surface area contributed by atoms with E-state index in [4.69, 9.17) is 15.1 Å². The molecule has 20 heavy (non-hydrogen) atoms. The van der Waals surface area contributed by atoms with E-state index < -0.39 is 16.9 Å². The van der Waals surface area contributed by atoms with E-state index in [2.05, 4.69) is 5.32 Å². The fraction of sp³-hybridized carbons (Fsp3) is 0.333. The van der Waals surface area contributed by atoms with Crippen LogP contribution < -0.4 is 5.32 Å². The summed E-state index contributed by atoms with van der Waals surface area (Å²) in [5, 5.41) is 31.3. The molecule has 8 heteroatoms. The third kappa shape index (κ3) is 3.93. The number of nitro groups is 1. The summed E-state index contributed by atoms with van der Waals surface area (Å²) in [6.45, 7) is 0.235. The maximum absolute atomic E-state index is 11.1. The van der Waals surface area contributed by atoms with E-state index in [1.54, 1.807) is 6.07 Å². The van der Waals surface area contributed by atoms with Gasteiger partial charge >= 0.3 is 5.97 Å². The van der Waals surface area contributed by atoms with Gasteiger partial charge in [-0.2, -0.15) is 5.26 Å². The number of rotatable bonds is 7. The lowest BCUT2D eigenvalue weighted by molar-refractivity contribution is -0.384. The van der Waals surface area contributed by atoms with Gasteiger partial charge in [0.1, 0.15) is 12.1 Å². The fourth-order valence-corrected chi connectivity index (χ4v) is 1.54. The topological polar surface area (TPSA) is 125 Å². The predicted octanol–water partition coefficient (Wildman–Crippen LogP) is 1.37. The summed E-state index contributed by atoms with van der Waals surface area (Å²) in [6.07, 6.45) is 0.202. The number of nitro benzene ring substituents is 1. The van der Waals surface area contributed by atoms with Crippen molar-refractivity contribution in [2.24, 2.45) is 0 Å². The molecule has 0 aromatic heterocycles. The zero-order chi connectivity index (χ0) is 15.1. The van der Waals surface area contributed by atoms with Crippen LogP contribution in [0.1, 0.15) is 12.0 Å². The summed E-state index contributed by atoms with van der Waals surface area (Å²) in [6, 6.07) is 4.48. The van der Waals surface area contributed by atoms with Gasteiger partial charge in [0.05, 0.1) is 16.2 Å². The number of hydrogen-bond acceptors (Lipinski definition) is 6. The van der Waals surface area contributed by atoms with Gasteiger partial charge in [0, 0.05) is 32.3 Å². The van der Waals surface area contributed by atoms with Crippen molar-refractivity contribution in [3.8, 4) is 6.07 Å². The number of carboxylic acids is 1. The van der Waals surface area contributed by atoms with Crippen molar-refractivity contribution >= 4 is 17.3 Å². The van der Waals surface area contributed by atoms with Gasteiger partial charge in [0.15, 0.2) is 0 Å². The Kier molecular flexibility index (Phi) is 5.43. The standard InChI is InChI=1S/C12H13N3O5/c1-20-5-4-11(12(16)17)14-10-3-2-9(15(18)19)6-8(10)7-13/h2-3,6,11,14H,4-5H2,1H3,(H,16,17). The second kappa shape index (κ2) is 7.06. The molecule has 2 N–H and O–H groups in total. The number of non-ortho nitro benzene ring substituents is 1. The minimum absolute atomic E-state index is 0.0165. The van der Waals surface area contributed by atoms with E-state index in [0.717, 1.165) is 6.07 Å². The molecule has 0 saturated carbocycles. The smallest absolute Gasteiger partial charge is 0.326 e. The lowest BCUT2D eigenvalue weighted by Crippen LogP contribution is -2.30. The van der Waals surface area contributed by atoms with Gasteiger partial charge in [-0.05, 0) is 6.07 Å². The van der Waals surface area contributed by atoms with E-state index in [-0.39, 0.29) is 30.0 Å². The summed E-state index contributed by atoms with van der Waals surface area (Å²) in [7, 11) is 1.45. The summed E-state index contributed by atoms with van der Waals surface area (Å²) in [5.74, 6) is -1.09. The van der Waals surface area contributed by atoms with E-state index in [9.17, 15) is 14.9 Å². The average Bonchev–Trinajstić information content (AvgIpc) is 2.42. The van der Waals surface area contributed by atoms with Crippen LogP contribution in [0.3, 0.4) is 0 Å². The number of carboxylic acid groups (broad SMARTS) is 1. The van der Waals surface area contributed by atoms with Crippen molar-refractivity contribution in [2.75, 3.05) is 19.0 Å². The molecule has 8 nitrogen and oxygen atoms in total. The average molecular weight is 279 g/mol. The molecule has 1 atom stereocenters. The number of aliphatic carboxylic acids is 1. The van der Waals surface area contributed by atoms with Gasteiger partial charge in [-0.15, -0.1) is 0 Å². The highest BCUT2D eigenvalue weighted by molar-refractivity contribution is 5.78. The summed E-state index contributed by atoms with van der Waals surface area (Å²) in [4.78, 5) is 21.1. The predicted molar refractivity (Wildman–Crippen MR) is 69.4 cm³/mol. The lowest BCUT2D eigenvalue weighted by Gasteiger charge is -2.16. The van der Waals surface area contributed by atoms with E-state index >= 15 is 0 Å². The monoisotopic (exact) mass is 279 g/mol. The molecule has 0 aliphatic rings.